The minimum absolute atomic E-state index is 0.233. The molecule has 0 bridgehead atoms. The Hall–Kier alpha value is -0.160. The standard InChI is InChI=1S/C8H22N4/c1-7(10)6-11-3-4-12-8(2)5-9/h7-8,11-12H,3-6,9-10H2,1-2H3/t7-,8+/m0/s1. The lowest BCUT2D eigenvalue weighted by atomic mass is 10.3. The van der Waals surface area contributed by atoms with Crippen molar-refractivity contribution in [1.29, 1.82) is 0 Å². The van der Waals surface area contributed by atoms with Gasteiger partial charge in [0.15, 0.2) is 0 Å². The number of nitrogens with one attached hydrogen (secondary N) is 2. The van der Waals surface area contributed by atoms with Crippen LogP contribution in [0.1, 0.15) is 13.8 Å². The van der Waals surface area contributed by atoms with Crippen LogP contribution in [-0.2, 0) is 0 Å². The SMILES string of the molecule is C[C@H](N)CNCCN[C@H](C)CN. The molecule has 74 valence electrons. The van der Waals surface area contributed by atoms with Crippen LogP contribution in [0.2, 0.25) is 0 Å². The maximum absolute atomic E-state index is 5.56. The van der Waals surface area contributed by atoms with E-state index >= 15 is 0 Å². The van der Waals surface area contributed by atoms with Crippen LogP contribution in [0.25, 0.3) is 0 Å². The van der Waals surface area contributed by atoms with Gasteiger partial charge in [-0.2, -0.15) is 0 Å². The molecule has 12 heavy (non-hydrogen) atoms. The Morgan fingerprint density at radius 1 is 1.25 bits per heavy atom. The summed E-state index contributed by atoms with van der Waals surface area (Å²) in [5, 5.41) is 6.51. The summed E-state index contributed by atoms with van der Waals surface area (Å²) in [6.45, 7) is 7.53. The molecule has 2 atom stereocenters. The van der Waals surface area contributed by atoms with Gasteiger partial charge in [-0.25, -0.2) is 0 Å². The summed E-state index contributed by atoms with van der Waals surface area (Å²) >= 11 is 0. The van der Waals surface area contributed by atoms with Gasteiger partial charge in [-0.15, -0.1) is 0 Å². The van der Waals surface area contributed by atoms with E-state index in [4.69, 9.17) is 11.5 Å². The Bertz CT molecular complexity index is 95.1. The Labute approximate surface area is 75.1 Å². The van der Waals surface area contributed by atoms with Gasteiger partial charge in [0, 0.05) is 38.3 Å². The third-order valence-corrected chi connectivity index (χ3v) is 1.61. The fourth-order valence-corrected chi connectivity index (χ4v) is 0.820. The number of hydrogen-bond donors (Lipinski definition) is 4. The van der Waals surface area contributed by atoms with Gasteiger partial charge < -0.3 is 22.1 Å². The fourth-order valence-electron chi connectivity index (χ4n) is 0.820. The minimum Gasteiger partial charge on any atom is -0.329 e. The molecule has 4 heteroatoms. The average molecular weight is 174 g/mol. The molecule has 0 aliphatic rings. The number of nitrogens with two attached hydrogens (primary N) is 2. The van der Waals surface area contributed by atoms with Gasteiger partial charge in [-0.05, 0) is 13.8 Å². The summed E-state index contributed by atoms with van der Waals surface area (Å²) in [5.41, 5.74) is 11.0. The van der Waals surface area contributed by atoms with Crippen LogP contribution < -0.4 is 22.1 Å². The lowest BCUT2D eigenvalue weighted by Crippen LogP contribution is -2.40. The largest absolute Gasteiger partial charge is 0.329 e. The van der Waals surface area contributed by atoms with E-state index in [1.165, 1.54) is 0 Å². The first-order chi connectivity index (χ1) is 5.66. The van der Waals surface area contributed by atoms with Crippen molar-refractivity contribution >= 4 is 0 Å². The molecule has 0 aromatic rings. The third kappa shape index (κ3) is 7.94. The van der Waals surface area contributed by atoms with Crippen molar-refractivity contribution in [2.45, 2.75) is 25.9 Å². The van der Waals surface area contributed by atoms with Crippen molar-refractivity contribution in [3.63, 3.8) is 0 Å². The van der Waals surface area contributed by atoms with Crippen molar-refractivity contribution in [1.82, 2.24) is 10.6 Å². The molecule has 0 saturated heterocycles. The molecule has 0 radical (unpaired) electrons. The van der Waals surface area contributed by atoms with Gasteiger partial charge in [-0.3, -0.25) is 0 Å². The van der Waals surface area contributed by atoms with E-state index in [1.807, 2.05) is 6.92 Å². The summed E-state index contributed by atoms with van der Waals surface area (Å²) in [5.74, 6) is 0. The molecule has 4 nitrogen and oxygen atoms in total. The van der Waals surface area contributed by atoms with Crippen LogP contribution in [-0.4, -0.2) is 38.3 Å². The smallest absolute Gasteiger partial charge is 0.0162 e. The van der Waals surface area contributed by atoms with Gasteiger partial charge >= 0.3 is 0 Å². The van der Waals surface area contributed by atoms with E-state index in [9.17, 15) is 0 Å². The van der Waals surface area contributed by atoms with E-state index in [0.717, 1.165) is 19.6 Å². The van der Waals surface area contributed by atoms with Crippen molar-refractivity contribution in [2.75, 3.05) is 26.2 Å². The molecule has 0 saturated carbocycles. The van der Waals surface area contributed by atoms with Crippen LogP contribution in [0.15, 0.2) is 0 Å². The molecular weight excluding hydrogens is 152 g/mol. The topological polar surface area (TPSA) is 76.1 Å². The second-order valence-corrected chi connectivity index (χ2v) is 3.27. The van der Waals surface area contributed by atoms with Gasteiger partial charge in [0.1, 0.15) is 0 Å². The molecule has 0 heterocycles. The second-order valence-electron chi connectivity index (χ2n) is 3.27. The highest BCUT2D eigenvalue weighted by atomic mass is 15.0. The highest BCUT2D eigenvalue weighted by molar-refractivity contribution is 4.63. The van der Waals surface area contributed by atoms with Gasteiger partial charge in [0.05, 0.1) is 0 Å². The Balaban J connectivity index is 3.00. The molecule has 0 spiro atoms. The van der Waals surface area contributed by atoms with Crippen LogP contribution in [0.5, 0.6) is 0 Å². The molecular formula is C8H22N4. The maximum atomic E-state index is 5.56. The second kappa shape index (κ2) is 7.49. The van der Waals surface area contributed by atoms with Crippen molar-refractivity contribution < 1.29 is 0 Å². The predicted octanol–water partition coefficient (Wildman–Crippen LogP) is -1.14. The van der Waals surface area contributed by atoms with E-state index in [0.29, 0.717) is 12.6 Å². The average Bonchev–Trinajstić information content (AvgIpc) is 2.03. The molecule has 0 aliphatic heterocycles. The van der Waals surface area contributed by atoms with E-state index in [-0.39, 0.29) is 6.04 Å². The highest BCUT2D eigenvalue weighted by Crippen LogP contribution is 1.74. The molecule has 0 aromatic heterocycles. The number of hydrogen-bond acceptors (Lipinski definition) is 4. The summed E-state index contributed by atoms with van der Waals surface area (Å²) in [6.07, 6.45) is 0. The molecule has 0 fully saturated rings. The molecule has 0 aromatic carbocycles. The Morgan fingerprint density at radius 3 is 2.42 bits per heavy atom. The maximum Gasteiger partial charge on any atom is 0.0162 e. The first-order valence-electron chi connectivity index (χ1n) is 4.56. The van der Waals surface area contributed by atoms with E-state index < -0.39 is 0 Å². The summed E-state index contributed by atoms with van der Waals surface area (Å²) < 4.78 is 0. The Kier molecular flexibility index (Phi) is 7.39. The third-order valence-electron chi connectivity index (χ3n) is 1.61. The van der Waals surface area contributed by atoms with Gasteiger partial charge in [-0.1, -0.05) is 0 Å². The highest BCUT2D eigenvalue weighted by Gasteiger charge is 1.96. The van der Waals surface area contributed by atoms with Crippen LogP contribution in [0.4, 0.5) is 0 Å². The summed E-state index contributed by atoms with van der Waals surface area (Å²) in [7, 11) is 0. The zero-order valence-corrected chi connectivity index (χ0v) is 8.14. The summed E-state index contributed by atoms with van der Waals surface area (Å²) in [6, 6.07) is 0.638. The number of rotatable bonds is 7. The lowest BCUT2D eigenvalue weighted by molar-refractivity contribution is 0.523. The van der Waals surface area contributed by atoms with Crippen LogP contribution in [0, 0.1) is 0 Å². The van der Waals surface area contributed by atoms with Gasteiger partial charge in [0.25, 0.3) is 0 Å². The molecule has 0 unspecified atom stereocenters. The fraction of sp³-hybridized carbons (Fsp3) is 1.00. The van der Waals surface area contributed by atoms with Crippen LogP contribution >= 0.6 is 0 Å². The molecule has 0 aliphatic carbocycles. The minimum atomic E-state index is 0.233. The van der Waals surface area contributed by atoms with Crippen LogP contribution in [0.3, 0.4) is 0 Å². The Morgan fingerprint density at radius 2 is 1.92 bits per heavy atom. The quantitative estimate of drug-likeness (QED) is 0.368. The molecule has 0 amide bonds. The first kappa shape index (κ1) is 11.8. The first-order valence-corrected chi connectivity index (χ1v) is 4.56. The van der Waals surface area contributed by atoms with Crippen molar-refractivity contribution in [2.24, 2.45) is 11.5 Å². The monoisotopic (exact) mass is 174 g/mol. The van der Waals surface area contributed by atoms with E-state index in [1.54, 1.807) is 0 Å². The lowest BCUT2D eigenvalue weighted by Gasteiger charge is -2.12. The zero-order valence-electron chi connectivity index (χ0n) is 8.14. The van der Waals surface area contributed by atoms with Gasteiger partial charge in [0.2, 0.25) is 0 Å². The van der Waals surface area contributed by atoms with Crippen molar-refractivity contribution in [3.8, 4) is 0 Å². The normalized spacial score (nSPS) is 16.0. The zero-order chi connectivity index (χ0) is 9.40. The predicted molar refractivity (Wildman–Crippen MR) is 53.0 cm³/mol. The molecule has 0 rings (SSSR count). The summed E-state index contributed by atoms with van der Waals surface area (Å²) in [4.78, 5) is 0. The molecule has 6 N–H and O–H groups in total. The van der Waals surface area contributed by atoms with E-state index in [2.05, 4.69) is 17.6 Å². The van der Waals surface area contributed by atoms with Crippen molar-refractivity contribution in [3.05, 3.63) is 0 Å².